The first-order valence-electron chi connectivity index (χ1n) is 11.4. The molecule has 4 aromatic rings. The molecule has 1 aromatic carbocycles. The molecular weight excluding hydrogens is 436 g/mol. The summed E-state index contributed by atoms with van der Waals surface area (Å²) in [5, 5.41) is 8.45. The third-order valence-electron chi connectivity index (χ3n) is 6.46. The van der Waals surface area contributed by atoms with Crippen molar-refractivity contribution in [2.24, 2.45) is 14.1 Å². The van der Waals surface area contributed by atoms with E-state index in [0.29, 0.717) is 28.9 Å². The third kappa shape index (κ3) is 3.71. The zero-order valence-corrected chi connectivity index (χ0v) is 19.9. The van der Waals surface area contributed by atoms with E-state index in [4.69, 9.17) is 9.40 Å². The normalized spacial score (nSPS) is 14.9. The molecule has 0 unspecified atom stereocenters. The Labute approximate surface area is 195 Å². The number of nitrogens with zero attached hydrogens (tertiary/aromatic N) is 8. The van der Waals surface area contributed by atoms with Crippen LogP contribution in [0.3, 0.4) is 0 Å². The maximum Gasteiger partial charge on any atom is 0.332 e. The second-order valence-corrected chi connectivity index (χ2v) is 8.67. The highest BCUT2D eigenvalue weighted by Gasteiger charge is 2.26. The molecule has 1 aliphatic heterocycles. The molecule has 0 N–H and O–H groups in total. The standard InChI is InChI=1S/C23H28N8O3/c1-5-29-9-11-30(12-10-29)22-24-19-18(21(32)28(4)23(33)27(19)3)31(22)14-17-25-26-20(34-17)16-8-6-7-15(2)13-16/h6-8,13H,5,9-12,14H2,1-4H3. The molecule has 1 fully saturated rings. The summed E-state index contributed by atoms with van der Waals surface area (Å²) in [5.41, 5.74) is 1.80. The minimum absolute atomic E-state index is 0.173. The van der Waals surface area contributed by atoms with Gasteiger partial charge in [0.05, 0.1) is 0 Å². The summed E-state index contributed by atoms with van der Waals surface area (Å²) in [6.45, 7) is 8.64. The zero-order valence-electron chi connectivity index (χ0n) is 19.9. The number of benzene rings is 1. The van der Waals surface area contributed by atoms with Crippen LogP contribution < -0.4 is 16.1 Å². The fourth-order valence-corrected chi connectivity index (χ4v) is 4.44. The molecule has 178 valence electrons. The Hall–Kier alpha value is -3.73. The van der Waals surface area contributed by atoms with Crippen LogP contribution in [0.1, 0.15) is 18.4 Å². The lowest BCUT2D eigenvalue weighted by Gasteiger charge is -2.34. The zero-order chi connectivity index (χ0) is 24.0. The van der Waals surface area contributed by atoms with Gasteiger partial charge in [0.2, 0.25) is 17.7 Å². The minimum atomic E-state index is -0.413. The lowest BCUT2D eigenvalue weighted by molar-refractivity contribution is 0.269. The average Bonchev–Trinajstić information content (AvgIpc) is 3.47. The topological polar surface area (TPSA) is 107 Å². The first-order valence-corrected chi connectivity index (χ1v) is 11.4. The van der Waals surface area contributed by atoms with Crippen LogP contribution in [-0.2, 0) is 20.6 Å². The number of hydrogen-bond donors (Lipinski definition) is 0. The van der Waals surface area contributed by atoms with Crippen LogP contribution in [0.15, 0.2) is 38.3 Å². The number of piperazine rings is 1. The van der Waals surface area contributed by atoms with Gasteiger partial charge in [0.1, 0.15) is 6.54 Å². The Morgan fingerprint density at radius 2 is 1.79 bits per heavy atom. The van der Waals surface area contributed by atoms with Crippen molar-refractivity contribution in [1.82, 2.24) is 33.8 Å². The van der Waals surface area contributed by atoms with Crippen LogP contribution in [0.4, 0.5) is 5.95 Å². The van der Waals surface area contributed by atoms with Crippen molar-refractivity contribution in [3.8, 4) is 11.5 Å². The molecule has 34 heavy (non-hydrogen) atoms. The quantitative estimate of drug-likeness (QED) is 0.430. The van der Waals surface area contributed by atoms with Crippen LogP contribution in [0.2, 0.25) is 0 Å². The van der Waals surface area contributed by atoms with Gasteiger partial charge in [0, 0.05) is 45.8 Å². The van der Waals surface area contributed by atoms with Gasteiger partial charge in [-0.2, -0.15) is 4.98 Å². The summed E-state index contributed by atoms with van der Waals surface area (Å²) in [7, 11) is 3.10. The molecule has 1 saturated heterocycles. The molecular formula is C23H28N8O3. The molecule has 4 heterocycles. The first-order chi connectivity index (χ1) is 16.4. The second kappa shape index (κ2) is 8.56. The predicted octanol–water partition coefficient (Wildman–Crippen LogP) is 0.982. The van der Waals surface area contributed by atoms with Gasteiger partial charge in [0.15, 0.2) is 11.2 Å². The van der Waals surface area contributed by atoms with Crippen LogP contribution >= 0.6 is 0 Å². The number of likely N-dealkylation sites (N-methyl/N-ethyl adjacent to an activating group) is 1. The van der Waals surface area contributed by atoms with E-state index in [1.807, 2.05) is 31.2 Å². The van der Waals surface area contributed by atoms with Gasteiger partial charge in [-0.05, 0) is 25.6 Å². The molecule has 11 nitrogen and oxygen atoms in total. The Morgan fingerprint density at radius 1 is 1.03 bits per heavy atom. The summed E-state index contributed by atoms with van der Waals surface area (Å²) in [4.78, 5) is 35.0. The summed E-state index contributed by atoms with van der Waals surface area (Å²) in [6, 6.07) is 7.84. The van der Waals surface area contributed by atoms with E-state index in [1.165, 1.54) is 11.6 Å². The Morgan fingerprint density at radius 3 is 2.50 bits per heavy atom. The molecule has 0 radical (unpaired) electrons. The minimum Gasteiger partial charge on any atom is -0.419 e. The van der Waals surface area contributed by atoms with Crippen molar-refractivity contribution >= 4 is 17.1 Å². The number of anilines is 1. The van der Waals surface area contributed by atoms with Gasteiger partial charge in [-0.15, -0.1) is 10.2 Å². The largest absolute Gasteiger partial charge is 0.419 e. The van der Waals surface area contributed by atoms with Crippen LogP contribution in [0, 0.1) is 6.92 Å². The highest BCUT2D eigenvalue weighted by molar-refractivity contribution is 5.74. The molecule has 1 aliphatic rings. The highest BCUT2D eigenvalue weighted by Crippen LogP contribution is 2.24. The number of fused-ring (bicyclic) bond motifs is 1. The molecule has 11 heteroatoms. The first kappa shape index (κ1) is 22.1. The van der Waals surface area contributed by atoms with Crippen LogP contribution in [0.5, 0.6) is 0 Å². The highest BCUT2D eigenvalue weighted by atomic mass is 16.4. The summed E-state index contributed by atoms with van der Waals surface area (Å²) in [6.07, 6.45) is 0. The van der Waals surface area contributed by atoms with Crippen LogP contribution in [0.25, 0.3) is 22.6 Å². The van der Waals surface area contributed by atoms with Gasteiger partial charge in [-0.25, -0.2) is 4.79 Å². The number of aryl methyl sites for hydroxylation is 2. The number of rotatable bonds is 5. The molecule has 0 bridgehead atoms. The number of imidazole rings is 1. The summed E-state index contributed by atoms with van der Waals surface area (Å²) >= 11 is 0. The molecule has 0 saturated carbocycles. The smallest absolute Gasteiger partial charge is 0.332 e. The van der Waals surface area contributed by atoms with Crippen molar-refractivity contribution < 1.29 is 4.42 Å². The van der Waals surface area contributed by atoms with E-state index in [2.05, 4.69) is 26.9 Å². The van der Waals surface area contributed by atoms with Crippen molar-refractivity contribution in [2.75, 3.05) is 37.6 Å². The van der Waals surface area contributed by atoms with E-state index in [-0.39, 0.29) is 6.54 Å². The lowest BCUT2D eigenvalue weighted by Crippen LogP contribution is -2.47. The van der Waals surface area contributed by atoms with Crippen molar-refractivity contribution in [1.29, 1.82) is 0 Å². The van der Waals surface area contributed by atoms with E-state index < -0.39 is 11.2 Å². The molecule has 5 rings (SSSR count). The van der Waals surface area contributed by atoms with Crippen molar-refractivity contribution in [2.45, 2.75) is 20.4 Å². The third-order valence-corrected chi connectivity index (χ3v) is 6.46. The number of hydrogen-bond acceptors (Lipinski definition) is 8. The Bertz CT molecular complexity index is 1470. The van der Waals surface area contributed by atoms with Crippen molar-refractivity contribution in [3.05, 3.63) is 56.6 Å². The van der Waals surface area contributed by atoms with Crippen molar-refractivity contribution in [3.63, 3.8) is 0 Å². The lowest BCUT2D eigenvalue weighted by atomic mass is 10.1. The maximum atomic E-state index is 13.2. The second-order valence-electron chi connectivity index (χ2n) is 8.67. The van der Waals surface area contributed by atoms with E-state index >= 15 is 0 Å². The van der Waals surface area contributed by atoms with Gasteiger partial charge in [-0.1, -0.05) is 24.6 Å². The molecule has 0 amide bonds. The van der Waals surface area contributed by atoms with E-state index in [9.17, 15) is 9.59 Å². The SMILES string of the molecule is CCN1CCN(c2nc3c(c(=O)n(C)c(=O)n3C)n2Cc2nnc(-c3cccc(C)c3)o2)CC1. The summed E-state index contributed by atoms with van der Waals surface area (Å²) in [5.74, 6) is 1.40. The monoisotopic (exact) mass is 464 g/mol. The predicted molar refractivity (Wildman–Crippen MR) is 128 cm³/mol. The molecule has 0 atom stereocenters. The Kier molecular flexibility index (Phi) is 5.56. The number of aromatic nitrogens is 6. The van der Waals surface area contributed by atoms with Gasteiger partial charge in [-0.3, -0.25) is 18.5 Å². The maximum absolute atomic E-state index is 13.2. The summed E-state index contributed by atoms with van der Waals surface area (Å²) < 4.78 is 10.3. The molecule has 0 aliphatic carbocycles. The van der Waals surface area contributed by atoms with Crippen LogP contribution in [-0.4, -0.2) is 66.5 Å². The van der Waals surface area contributed by atoms with E-state index in [1.54, 1.807) is 11.6 Å². The van der Waals surface area contributed by atoms with E-state index in [0.717, 1.165) is 48.4 Å². The molecule has 3 aromatic heterocycles. The van der Waals surface area contributed by atoms with Gasteiger partial charge >= 0.3 is 5.69 Å². The van der Waals surface area contributed by atoms with Gasteiger partial charge < -0.3 is 14.2 Å². The van der Waals surface area contributed by atoms with Gasteiger partial charge in [0.25, 0.3) is 5.56 Å². The fourth-order valence-electron chi connectivity index (χ4n) is 4.44. The fraction of sp³-hybridized carbons (Fsp3) is 0.435. The Balaban J connectivity index is 1.60. The molecule has 0 spiro atoms. The average molecular weight is 465 g/mol.